The highest BCUT2D eigenvalue weighted by molar-refractivity contribution is 7.80. The van der Waals surface area contributed by atoms with E-state index in [2.05, 4.69) is 10.6 Å². The zero-order valence-electron chi connectivity index (χ0n) is 18.1. The number of carbonyl (C=O) groups is 2. The second kappa shape index (κ2) is 11.6. The third-order valence-corrected chi connectivity index (χ3v) is 5.96. The Bertz CT molecular complexity index is 895. The summed E-state index contributed by atoms with van der Waals surface area (Å²) in [5.41, 5.74) is 2.09. The number of carbonyl (C=O) groups excluding carboxylic acids is 2. The van der Waals surface area contributed by atoms with E-state index in [9.17, 15) is 9.59 Å². The minimum absolute atomic E-state index is 0.0588. The molecular formula is C25H31N3O2S. The summed E-state index contributed by atoms with van der Waals surface area (Å²) in [6.45, 7) is 2.51. The van der Waals surface area contributed by atoms with Gasteiger partial charge in [0.1, 0.15) is 0 Å². The van der Waals surface area contributed by atoms with Crippen molar-refractivity contribution in [3.63, 3.8) is 0 Å². The molecule has 0 saturated heterocycles. The molecule has 6 heteroatoms. The quantitative estimate of drug-likeness (QED) is 0.560. The molecule has 2 N–H and O–H groups in total. The van der Waals surface area contributed by atoms with Gasteiger partial charge in [-0.1, -0.05) is 56.4 Å². The SMILES string of the molecule is CCN(C(=O)c1cccc(NC(=S)NC(=O)CCC2CCCCC2)c1)c1ccccc1. The Kier molecular flexibility index (Phi) is 8.59. The monoisotopic (exact) mass is 437 g/mol. The second-order valence-corrected chi connectivity index (χ2v) is 8.42. The predicted octanol–water partition coefficient (Wildman–Crippen LogP) is 5.53. The Hall–Kier alpha value is -2.73. The molecule has 164 valence electrons. The van der Waals surface area contributed by atoms with E-state index in [0.717, 1.165) is 12.1 Å². The van der Waals surface area contributed by atoms with Crippen LogP contribution in [0.5, 0.6) is 0 Å². The van der Waals surface area contributed by atoms with E-state index >= 15 is 0 Å². The molecule has 0 aliphatic heterocycles. The number of nitrogens with one attached hydrogen (secondary N) is 2. The second-order valence-electron chi connectivity index (χ2n) is 8.01. The van der Waals surface area contributed by atoms with E-state index in [-0.39, 0.29) is 16.9 Å². The third kappa shape index (κ3) is 6.89. The van der Waals surface area contributed by atoms with Gasteiger partial charge in [-0.15, -0.1) is 0 Å². The van der Waals surface area contributed by atoms with Crippen LogP contribution in [0.15, 0.2) is 54.6 Å². The van der Waals surface area contributed by atoms with Gasteiger partial charge < -0.3 is 15.5 Å². The van der Waals surface area contributed by atoms with Crippen LogP contribution < -0.4 is 15.5 Å². The number of amides is 2. The lowest BCUT2D eigenvalue weighted by Gasteiger charge is -2.21. The van der Waals surface area contributed by atoms with Gasteiger partial charge in [0.05, 0.1) is 0 Å². The number of nitrogens with zero attached hydrogens (tertiary/aromatic N) is 1. The molecule has 0 unspecified atom stereocenters. The van der Waals surface area contributed by atoms with Crippen LogP contribution in [0, 0.1) is 5.92 Å². The number of hydrogen-bond donors (Lipinski definition) is 2. The maximum atomic E-state index is 13.0. The van der Waals surface area contributed by atoms with Crippen LogP contribution >= 0.6 is 12.2 Å². The third-order valence-electron chi connectivity index (χ3n) is 5.75. The highest BCUT2D eigenvalue weighted by Crippen LogP contribution is 2.27. The van der Waals surface area contributed by atoms with Gasteiger partial charge in [-0.25, -0.2) is 0 Å². The van der Waals surface area contributed by atoms with Gasteiger partial charge in [0.25, 0.3) is 5.91 Å². The molecule has 1 aliphatic rings. The molecule has 5 nitrogen and oxygen atoms in total. The standard InChI is InChI=1S/C25H31N3O2S/c1-2-28(22-14-7-4-8-15-22)24(30)20-12-9-13-21(18-20)26-25(31)27-23(29)17-16-19-10-5-3-6-11-19/h4,7-9,12-15,18-19H,2-3,5-6,10-11,16-17H2,1H3,(H2,26,27,29,31). The van der Waals surface area contributed by atoms with Crippen molar-refractivity contribution in [1.82, 2.24) is 5.32 Å². The van der Waals surface area contributed by atoms with Crippen molar-refractivity contribution < 1.29 is 9.59 Å². The molecule has 0 atom stereocenters. The van der Waals surface area contributed by atoms with E-state index in [1.807, 2.05) is 49.4 Å². The minimum atomic E-state index is -0.0835. The van der Waals surface area contributed by atoms with Crippen molar-refractivity contribution in [2.24, 2.45) is 5.92 Å². The van der Waals surface area contributed by atoms with Gasteiger partial charge in [-0.3, -0.25) is 9.59 Å². The molecular weight excluding hydrogens is 406 g/mol. The maximum Gasteiger partial charge on any atom is 0.258 e. The predicted molar refractivity (Wildman–Crippen MR) is 130 cm³/mol. The van der Waals surface area contributed by atoms with Crippen molar-refractivity contribution in [1.29, 1.82) is 0 Å². The first-order valence-corrected chi connectivity index (χ1v) is 11.6. The number of anilines is 2. The zero-order chi connectivity index (χ0) is 22.1. The Morgan fingerprint density at radius 1 is 1.03 bits per heavy atom. The van der Waals surface area contributed by atoms with Gasteiger partial charge in [0.15, 0.2) is 5.11 Å². The van der Waals surface area contributed by atoms with Crippen molar-refractivity contribution in [2.45, 2.75) is 51.9 Å². The lowest BCUT2D eigenvalue weighted by atomic mass is 9.86. The molecule has 2 aromatic carbocycles. The molecule has 0 radical (unpaired) electrons. The number of rotatable bonds is 7. The van der Waals surface area contributed by atoms with E-state index in [0.29, 0.717) is 30.1 Å². The van der Waals surface area contributed by atoms with Gasteiger partial charge in [-0.2, -0.15) is 0 Å². The van der Waals surface area contributed by atoms with Gasteiger partial charge >= 0.3 is 0 Å². The molecule has 0 bridgehead atoms. The summed E-state index contributed by atoms with van der Waals surface area (Å²) in [5.74, 6) is 0.520. The van der Waals surface area contributed by atoms with Crippen LogP contribution in [0.25, 0.3) is 0 Å². The van der Waals surface area contributed by atoms with Crippen molar-refractivity contribution in [2.75, 3.05) is 16.8 Å². The number of hydrogen-bond acceptors (Lipinski definition) is 3. The van der Waals surface area contributed by atoms with E-state index in [4.69, 9.17) is 12.2 Å². The Balaban J connectivity index is 1.55. The van der Waals surface area contributed by atoms with Crippen LogP contribution in [0.4, 0.5) is 11.4 Å². The zero-order valence-corrected chi connectivity index (χ0v) is 18.9. The van der Waals surface area contributed by atoms with Crippen molar-refractivity contribution >= 4 is 40.5 Å². The molecule has 1 aliphatic carbocycles. The molecule has 1 saturated carbocycles. The largest absolute Gasteiger partial charge is 0.332 e. The number of para-hydroxylation sites is 1. The van der Waals surface area contributed by atoms with Gasteiger partial charge in [0, 0.05) is 29.9 Å². The van der Waals surface area contributed by atoms with Crippen LogP contribution in [0.3, 0.4) is 0 Å². The summed E-state index contributed by atoms with van der Waals surface area (Å²) in [4.78, 5) is 27.0. The highest BCUT2D eigenvalue weighted by atomic mass is 32.1. The van der Waals surface area contributed by atoms with Gasteiger partial charge in [-0.05, 0) is 61.8 Å². The van der Waals surface area contributed by atoms with Crippen LogP contribution in [-0.2, 0) is 4.79 Å². The summed E-state index contributed by atoms with van der Waals surface area (Å²) in [5, 5.41) is 6.05. The normalized spacial score (nSPS) is 14.0. The summed E-state index contributed by atoms with van der Waals surface area (Å²) < 4.78 is 0. The molecule has 1 fully saturated rings. The first kappa shape index (κ1) is 22.9. The number of benzene rings is 2. The molecule has 0 aromatic heterocycles. The van der Waals surface area contributed by atoms with E-state index in [1.54, 1.807) is 17.0 Å². The Labute approximate surface area is 190 Å². The summed E-state index contributed by atoms with van der Waals surface area (Å²) in [7, 11) is 0. The summed E-state index contributed by atoms with van der Waals surface area (Å²) >= 11 is 5.30. The smallest absolute Gasteiger partial charge is 0.258 e. The Morgan fingerprint density at radius 3 is 2.48 bits per heavy atom. The van der Waals surface area contributed by atoms with E-state index < -0.39 is 0 Å². The fraction of sp³-hybridized carbons (Fsp3) is 0.400. The molecule has 2 amide bonds. The van der Waals surface area contributed by atoms with Crippen molar-refractivity contribution in [3.05, 3.63) is 60.2 Å². The summed E-state index contributed by atoms with van der Waals surface area (Å²) in [6.07, 6.45) is 7.75. The van der Waals surface area contributed by atoms with Crippen molar-refractivity contribution in [3.8, 4) is 0 Å². The Morgan fingerprint density at radius 2 is 1.77 bits per heavy atom. The van der Waals surface area contributed by atoms with E-state index in [1.165, 1.54) is 32.1 Å². The van der Waals surface area contributed by atoms with Crippen LogP contribution in [0.1, 0.15) is 62.2 Å². The molecule has 31 heavy (non-hydrogen) atoms. The van der Waals surface area contributed by atoms with Gasteiger partial charge in [0.2, 0.25) is 5.91 Å². The highest BCUT2D eigenvalue weighted by Gasteiger charge is 2.17. The molecule has 0 heterocycles. The average molecular weight is 438 g/mol. The number of thiocarbonyl (C=S) groups is 1. The molecule has 3 rings (SSSR count). The molecule has 2 aromatic rings. The lowest BCUT2D eigenvalue weighted by Crippen LogP contribution is -2.34. The minimum Gasteiger partial charge on any atom is -0.332 e. The first-order valence-electron chi connectivity index (χ1n) is 11.1. The fourth-order valence-electron chi connectivity index (χ4n) is 4.10. The average Bonchev–Trinajstić information content (AvgIpc) is 2.79. The maximum absolute atomic E-state index is 13.0. The van der Waals surface area contributed by atoms with Crippen LogP contribution in [-0.4, -0.2) is 23.5 Å². The fourth-order valence-corrected chi connectivity index (χ4v) is 4.33. The first-order chi connectivity index (χ1) is 15.1. The molecule has 0 spiro atoms. The topological polar surface area (TPSA) is 61.4 Å². The summed E-state index contributed by atoms with van der Waals surface area (Å²) in [6, 6.07) is 16.8. The lowest BCUT2D eigenvalue weighted by molar-refractivity contribution is -0.120. The van der Waals surface area contributed by atoms with Crippen LogP contribution in [0.2, 0.25) is 0 Å².